The Labute approximate surface area is 414 Å². The molecule has 0 saturated carbocycles. The van der Waals surface area contributed by atoms with Crippen molar-refractivity contribution in [3.63, 3.8) is 0 Å². The van der Waals surface area contributed by atoms with Crippen molar-refractivity contribution in [3.05, 3.63) is 206 Å². The molecule has 0 radical (unpaired) electrons. The number of allylic oxidation sites excluding steroid dienone is 4. The molecule has 24 heteroatoms. The summed E-state index contributed by atoms with van der Waals surface area (Å²) in [4.78, 5) is 0. The van der Waals surface area contributed by atoms with E-state index in [2.05, 4.69) is 24.3 Å². The fourth-order valence-electron chi connectivity index (χ4n) is 4.37. The third-order valence-corrected chi connectivity index (χ3v) is 9.03. The van der Waals surface area contributed by atoms with E-state index in [0.717, 1.165) is 0 Å². The van der Waals surface area contributed by atoms with E-state index in [0.29, 0.717) is 34.5 Å². The summed E-state index contributed by atoms with van der Waals surface area (Å²) >= 11 is 0. The molecule has 0 amide bonds. The molecule has 6 aromatic carbocycles. The van der Waals surface area contributed by atoms with Crippen LogP contribution in [0.25, 0.3) is 0 Å². The summed E-state index contributed by atoms with van der Waals surface area (Å²) in [6.07, 6.45) is 14.0. The molecule has 0 saturated heterocycles. The molecule has 18 nitrogen and oxygen atoms in total. The molecule has 1 aliphatic rings. The number of para-hydroxylation sites is 6. The molecular formula is C44H42Cl3O18P2Rh. The molecule has 1 aliphatic carbocycles. The first-order chi connectivity index (χ1) is 31.8. The van der Waals surface area contributed by atoms with Gasteiger partial charge in [-0.15, -0.1) is 30.7 Å². The molecule has 6 aromatic rings. The molecule has 68 heavy (non-hydrogen) atoms. The molecule has 0 aromatic heterocycles. The van der Waals surface area contributed by atoms with Gasteiger partial charge in [0.2, 0.25) is 0 Å². The Kier molecular flexibility index (Phi) is 32.2. The van der Waals surface area contributed by atoms with Crippen molar-refractivity contribution >= 4 is 17.2 Å². The second-order valence-corrected chi connectivity index (χ2v) is 16.4. The van der Waals surface area contributed by atoms with Crippen molar-refractivity contribution in [1.29, 1.82) is 0 Å². The number of hydrogen-bond acceptors (Lipinski definition) is 18. The quantitative estimate of drug-likeness (QED) is 0.0831. The van der Waals surface area contributed by atoms with Crippen molar-refractivity contribution in [2.24, 2.45) is 0 Å². The van der Waals surface area contributed by atoms with Gasteiger partial charge in [0.25, 0.3) is 0 Å². The van der Waals surface area contributed by atoms with Gasteiger partial charge >= 0.3 is 36.7 Å². The molecule has 0 spiro atoms. The second-order valence-electron chi connectivity index (χ2n) is 12.1. The van der Waals surface area contributed by atoms with Gasteiger partial charge in [-0.05, 0) is 98.5 Å². The standard InChI is InChI=1S/2C18H15O3P.C8H12.3ClHO4.Rh/c2*1-4-10-16(11-5-1)19-22(20-17-12-6-2-7-13-17)21-18-14-8-3-9-15-18;1-2-4-6-8-7-5-3-1;3*2-1(3,4)5;/h2*1-15H;1-2,7-8H,3-6H2;3*(H,2,3,4,5);/q;;;;;;+3/p-3/b;;2-1-,8-7?;;;;. The SMILES string of the molecule is C1=CCC/C=C\CC1.[O-][Cl+3]([O-])([O-])[O-].[O-][Cl+3]([O-])([O-])[O-].[O-][Cl+3]([O-])([O-])[O-].[Rh+3].c1ccc(OP(Oc2ccccc2)Oc2ccccc2)cc1.c1ccc(OP(Oc2ccccc2)Oc2ccccc2)cc1. The number of halogens is 3. The van der Waals surface area contributed by atoms with Crippen LogP contribution in [0.3, 0.4) is 0 Å². The Hall–Kier alpha value is -4.53. The van der Waals surface area contributed by atoms with E-state index in [4.69, 9.17) is 83.1 Å². The van der Waals surface area contributed by atoms with E-state index in [-0.39, 0.29) is 19.5 Å². The zero-order valence-corrected chi connectivity index (χ0v) is 40.9. The first-order valence-corrected chi connectivity index (χ1v) is 24.8. The van der Waals surface area contributed by atoms with Gasteiger partial charge in [0.05, 0.1) is 0 Å². The number of benzene rings is 6. The van der Waals surface area contributed by atoms with Crippen LogP contribution in [0.5, 0.6) is 34.5 Å². The van der Waals surface area contributed by atoms with Crippen molar-refractivity contribution < 1.29 is 133 Å². The molecule has 0 atom stereocenters. The van der Waals surface area contributed by atoms with Crippen LogP contribution in [-0.2, 0) is 19.5 Å². The molecular weight excluding hydrogens is 1090 g/mol. The first-order valence-electron chi connectivity index (χ1n) is 18.9. The Bertz CT molecular complexity index is 1770. The third kappa shape index (κ3) is 39.5. The van der Waals surface area contributed by atoms with Crippen LogP contribution >= 0.6 is 17.2 Å². The fraction of sp³-hybridized carbons (Fsp3) is 0.0909. The van der Waals surface area contributed by atoms with Gasteiger partial charge in [-0.1, -0.05) is 133 Å². The van der Waals surface area contributed by atoms with Crippen LogP contribution < -0.4 is 83.1 Å². The summed E-state index contributed by atoms with van der Waals surface area (Å²) in [6, 6.07) is 57.0. The van der Waals surface area contributed by atoms with Gasteiger partial charge in [-0.25, -0.2) is 55.9 Å². The monoisotopic (exact) mass is 1130 g/mol. The van der Waals surface area contributed by atoms with Gasteiger partial charge in [-0.2, -0.15) is 0 Å². The molecule has 0 fully saturated rings. The summed E-state index contributed by atoms with van der Waals surface area (Å²) in [5, 5.41) is 0. The van der Waals surface area contributed by atoms with E-state index in [1.165, 1.54) is 25.7 Å². The van der Waals surface area contributed by atoms with Crippen molar-refractivity contribution in [1.82, 2.24) is 0 Å². The largest absolute Gasteiger partial charge is 3.00 e. The zero-order valence-electron chi connectivity index (χ0n) is 35.2. The van der Waals surface area contributed by atoms with E-state index in [1.54, 1.807) is 0 Å². The average Bonchev–Trinajstić information content (AvgIpc) is 3.24. The van der Waals surface area contributed by atoms with E-state index in [9.17, 15) is 0 Å². The molecule has 0 bridgehead atoms. The Morgan fingerprint density at radius 3 is 0.485 bits per heavy atom. The molecule has 0 aliphatic heterocycles. The Morgan fingerprint density at radius 1 is 0.250 bits per heavy atom. The number of rotatable bonds is 12. The maximum absolute atomic E-state index is 8.49. The Morgan fingerprint density at radius 2 is 0.368 bits per heavy atom. The molecule has 366 valence electrons. The average molecular weight is 1130 g/mol. The minimum atomic E-state index is -4.94. The van der Waals surface area contributed by atoms with Gasteiger partial charge in [0.15, 0.2) is 0 Å². The minimum Gasteiger partial charge on any atom is -0.409 e. The summed E-state index contributed by atoms with van der Waals surface area (Å²) in [7, 11) is -18.0. The van der Waals surface area contributed by atoms with Crippen molar-refractivity contribution in [2.45, 2.75) is 25.7 Å². The molecule has 0 unspecified atom stereocenters. The van der Waals surface area contributed by atoms with Gasteiger partial charge < -0.3 is 27.1 Å². The van der Waals surface area contributed by atoms with E-state index < -0.39 is 47.9 Å². The van der Waals surface area contributed by atoms with Crippen molar-refractivity contribution in [3.8, 4) is 34.5 Å². The second kappa shape index (κ2) is 35.6. The summed E-state index contributed by atoms with van der Waals surface area (Å²) < 4.78 is 137. The maximum Gasteiger partial charge on any atom is 3.00 e. The van der Waals surface area contributed by atoms with Crippen LogP contribution in [0.4, 0.5) is 0 Å². The summed E-state index contributed by atoms with van der Waals surface area (Å²) in [5.41, 5.74) is 0. The van der Waals surface area contributed by atoms with Gasteiger partial charge in [0, 0.05) is 0 Å². The fourth-order valence-corrected chi connectivity index (χ4v) is 6.36. The summed E-state index contributed by atoms with van der Waals surface area (Å²) in [5.74, 6) is 4.25. The van der Waals surface area contributed by atoms with Crippen LogP contribution in [0.15, 0.2) is 206 Å². The van der Waals surface area contributed by atoms with E-state index in [1.807, 2.05) is 182 Å². The maximum atomic E-state index is 8.49. The van der Waals surface area contributed by atoms with Gasteiger partial charge in [-0.3, -0.25) is 0 Å². The summed E-state index contributed by atoms with van der Waals surface area (Å²) in [6.45, 7) is 0. The van der Waals surface area contributed by atoms with Crippen LogP contribution in [-0.4, -0.2) is 0 Å². The van der Waals surface area contributed by atoms with Crippen LogP contribution in [0.2, 0.25) is 0 Å². The zero-order chi connectivity index (χ0) is 49.2. The predicted octanol–water partition coefficient (Wildman–Crippen LogP) is -0.697. The first kappa shape index (κ1) is 61.5. The number of hydrogen-bond donors (Lipinski definition) is 0. The molecule has 0 heterocycles. The molecule has 7 rings (SSSR count). The van der Waals surface area contributed by atoms with E-state index >= 15 is 0 Å². The normalized spacial score (nSPS) is 12.1. The minimum absolute atomic E-state index is 0. The topological polar surface area (TPSA) is 332 Å². The third-order valence-electron chi connectivity index (χ3n) is 6.87. The Balaban J connectivity index is 0.000000465. The van der Waals surface area contributed by atoms with Gasteiger partial charge in [0.1, 0.15) is 34.5 Å². The van der Waals surface area contributed by atoms with Crippen molar-refractivity contribution in [2.75, 3.05) is 0 Å². The predicted molar refractivity (Wildman–Crippen MR) is 213 cm³/mol. The molecule has 0 N–H and O–H groups in total. The van der Waals surface area contributed by atoms with Crippen LogP contribution in [0.1, 0.15) is 25.7 Å². The van der Waals surface area contributed by atoms with Crippen LogP contribution in [0, 0.1) is 30.7 Å². The smallest absolute Gasteiger partial charge is 0.409 e.